The molecule has 0 amide bonds. The number of H-pyrrole nitrogens is 1. The molecule has 0 unspecified atom stereocenters. The highest BCUT2D eigenvalue weighted by atomic mass is 19.1. The van der Waals surface area contributed by atoms with Crippen molar-refractivity contribution in [1.82, 2.24) is 9.88 Å². The number of aromatic nitrogens is 1. The molecule has 0 bridgehead atoms. The minimum Gasteiger partial charge on any atom is -0.472 e. The van der Waals surface area contributed by atoms with Gasteiger partial charge in [0.15, 0.2) is 0 Å². The number of nitrogens with one attached hydrogen (secondary N) is 1. The minimum atomic E-state index is -0.166. The molecule has 130 valence electrons. The Labute approximate surface area is 151 Å². The quantitative estimate of drug-likeness (QED) is 0.563. The molecule has 1 atom stereocenters. The van der Waals surface area contributed by atoms with E-state index in [-0.39, 0.29) is 11.9 Å². The number of halogens is 1. The third-order valence-corrected chi connectivity index (χ3v) is 5.30. The first-order valence-electron chi connectivity index (χ1n) is 8.90. The number of nitrogens with zero attached hydrogens (tertiary/aromatic N) is 1. The summed E-state index contributed by atoms with van der Waals surface area (Å²) in [5, 5.41) is 1.24. The molecular weight excluding hydrogens is 327 g/mol. The molecule has 0 saturated carbocycles. The Hall–Kier alpha value is -2.85. The summed E-state index contributed by atoms with van der Waals surface area (Å²) in [5.74, 6) is -0.166. The molecule has 1 N–H and O–H groups in total. The van der Waals surface area contributed by atoms with Crippen LogP contribution in [0.25, 0.3) is 10.9 Å². The van der Waals surface area contributed by atoms with Crippen molar-refractivity contribution in [2.75, 3.05) is 6.54 Å². The fraction of sp³-hybridized carbons (Fsp3) is 0.182. The molecule has 0 spiro atoms. The van der Waals surface area contributed by atoms with Gasteiger partial charge in [0, 0.05) is 40.8 Å². The lowest BCUT2D eigenvalue weighted by Gasteiger charge is -2.36. The summed E-state index contributed by atoms with van der Waals surface area (Å²) in [6.45, 7) is 1.60. The highest BCUT2D eigenvalue weighted by Crippen LogP contribution is 2.39. The van der Waals surface area contributed by atoms with Crippen LogP contribution < -0.4 is 0 Å². The predicted octanol–water partition coefficient (Wildman–Crippen LogP) is 5.05. The van der Waals surface area contributed by atoms with Crippen LogP contribution in [-0.4, -0.2) is 16.4 Å². The number of aromatic amines is 1. The summed E-state index contributed by atoms with van der Waals surface area (Å²) >= 11 is 0. The third-order valence-electron chi connectivity index (χ3n) is 5.30. The van der Waals surface area contributed by atoms with Crippen LogP contribution in [0.5, 0.6) is 0 Å². The first-order chi connectivity index (χ1) is 12.8. The normalized spacial score (nSPS) is 17.5. The lowest BCUT2D eigenvalue weighted by Crippen LogP contribution is -2.36. The number of para-hydroxylation sites is 1. The molecule has 0 fully saturated rings. The SMILES string of the molecule is Fc1ccccc1[C@@H]1c2[nH]c3ccccc3c2CCN1Cc1ccoc1. The summed E-state index contributed by atoms with van der Waals surface area (Å²) < 4.78 is 19.9. The molecule has 1 aliphatic heterocycles. The summed E-state index contributed by atoms with van der Waals surface area (Å²) in [6, 6.07) is 17.3. The number of fused-ring (bicyclic) bond motifs is 3. The van der Waals surface area contributed by atoms with E-state index in [1.165, 1.54) is 10.9 Å². The highest BCUT2D eigenvalue weighted by Gasteiger charge is 2.33. The maximum absolute atomic E-state index is 14.7. The monoisotopic (exact) mass is 346 g/mol. The van der Waals surface area contributed by atoms with Gasteiger partial charge in [-0.3, -0.25) is 4.90 Å². The second-order valence-electron chi connectivity index (χ2n) is 6.84. The molecular formula is C22H19FN2O. The van der Waals surface area contributed by atoms with Crippen LogP contribution >= 0.6 is 0 Å². The van der Waals surface area contributed by atoms with E-state index in [9.17, 15) is 4.39 Å². The van der Waals surface area contributed by atoms with Gasteiger partial charge < -0.3 is 9.40 Å². The van der Waals surface area contributed by atoms with Crippen molar-refractivity contribution in [2.24, 2.45) is 0 Å². The smallest absolute Gasteiger partial charge is 0.128 e. The van der Waals surface area contributed by atoms with Gasteiger partial charge >= 0.3 is 0 Å². The van der Waals surface area contributed by atoms with Crippen LogP contribution in [-0.2, 0) is 13.0 Å². The van der Waals surface area contributed by atoms with E-state index in [4.69, 9.17) is 4.42 Å². The first kappa shape index (κ1) is 15.4. The standard InChI is InChI=1S/C22H19FN2O/c23-19-7-3-1-6-18(19)22-21-17(16-5-2-4-8-20(16)24-21)9-11-25(22)13-15-10-12-26-14-15/h1-8,10,12,14,22,24H,9,11,13H2/t22-/m1/s1. The molecule has 4 aromatic rings. The number of benzene rings is 2. The Balaban J connectivity index is 1.67. The molecule has 0 radical (unpaired) electrons. The fourth-order valence-corrected chi connectivity index (χ4v) is 4.13. The second-order valence-corrected chi connectivity index (χ2v) is 6.84. The minimum absolute atomic E-state index is 0.137. The summed E-state index contributed by atoms with van der Waals surface area (Å²) in [5.41, 5.74) is 5.33. The predicted molar refractivity (Wildman–Crippen MR) is 99.4 cm³/mol. The maximum atomic E-state index is 14.7. The van der Waals surface area contributed by atoms with E-state index in [1.54, 1.807) is 24.7 Å². The topological polar surface area (TPSA) is 32.2 Å². The van der Waals surface area contributed by atoms with Crippen LogP contribution in [0, 0.1) is 5.82 Å². The van der Waals surface area contributed by atoms with E-state index in [0.717, 1.165) is 36.3 Å². The first-order valence-corrected chi connectivity index (χ1v) is 8.90. The molecule has 0 aliphatic carbocycles. The summed E-state index contributed by atoms with van der Waals surface area (Å²) in [7, 11) is 0. The van der Waals surface area contributed by atoms with Crippen molar-refractivity contribution in [2.45, 2.75) is 19.0 Å². The van der Waals surface area contributed by atoms with E-state index in [1.807, 2.05) is 24.3 Å². The van der Waals surface area contributed by atoms with E-state index < -0.39 is 0 Å². The number of hydrogen-bond donors (Lipinski definition) is 1. The lowest BCUT2D eigenvalue weighted by atomic mass is 9.92. The molecule has 3 nitrogen and oxygen atoms in total. The van der Waals surface area contributed by atoms with Crippen molar-refractivity contribution in [1.29, 1.82) is 0 Å². The van der Waals surface area contributed by atoms with Crippen LogP contribution in [0.2, 0.25) is 0 Å². The van der Waals surface area contributed by atoms with E-state index >= 15 is 0 Å². The van der Waals surface area contributed by atoms with Crippen molar-refractivity contribution < 1.29 is 8.81 Å². The van der Waals surface area contributed by atoms with Crippen LogP contribution in [0.3, 0.4) is 0 Å². The van der Waals surface area contributed by atoms with Gasteiger partial charge in [-0.15, -0.1) is 0 Å². The molecule has 5 rings (SSSR count). The van der Waals surface area contributed by atoms with Gasteiger partial charge in [-0.2, -0.15) is 0 Å². The van der Waals surface area contributed by atoms with Crippen LogP contribution in [0.4, 0.5) is 4.39 Å². The van der Waals surface area contributed by atoms with Crippen molar-refractivity contribution in [3.05, 3.63) is 95.3 Å². The number of hydrogen-bond acceptors (Lipinski definition) is 2. The maximum Gasteiger partial charge on any atom is 0.128 e. The average Bonchev–Trinajstić information content (AvgIpc) is 3.30. The van der Waals surface area contributed by atoms with Gasteiger partial charge in [-0.25, -0.2) is 4.39 Å². The fourth-order valence-electron chi connectivity index (χ4n) is 4.13. The molecule has 2 aromatic carbocycles. The Morgan fingerprint density at radius 1 is 1.08 bits per heavy atom. The average molecular weight is 346 g/mol. The zero-order valence-corrected chi connectivity index (χ0v) is 14.3. The Kier molecular flexibility index (Phi) is 3.64. The molecule has 0 saturated heterocycles. The van der Waals surface area contributed by atoms with Gasteiger partial charge in [0.25, 0.3) is 0 Å². The molecule has 1 aliphatic rings. The van der Waals surface area contributed by atoms with Gasteiger partial charge in [-0.05, 0) is 30.2 Å². The van der Waals surface area contributed by atoms with Crippen LogP contribution in [0.15, 0.2) is 71.5 Å². The summed E-state index contributed by atoms with van der Waals surface area (Å²) in [4.78, 5) is 5.89. The number of rotatable bonds is 3. The largest absolute Gasteiger partial charge is 0.472 e. The lowest BCUT2D eigenvalue weighted by molar-refractivity contribution is 0.198. The van der Waals surface area contributed by atoms with Crippen molar-refractivity contribution in [3.8, 4) is 0 Å². The Bertz CT molecular complexity index is 1050. The highest BCUT2D eigenvalue weighted by molar-refractivity contribution is 5.85. The third kappa shape index (κ3) is 2.45. The van der Waals surface area contributed by atoms with Gasteiger partial charge in [0.05, 0.1) is 18.6 Å². The second kappa shape index (κ2) is 6.15. The Morgan fingerprint density at radius 3 is 2.77 bits per heavy atom. The van der Waals surface area contributed by atoms with E-state index in [0.29, 0.717) is 5.56 Å². The van der Waals surface area contributed by atoms with Crippen molar-refractivity contribution >= 4 is 10.9 Å². The number of furan rings is 1. The van der Waals surface area contributed by atoms with Gasteiger partial charge in [0.1, 0.15) is 5.82 Å². The van der Waals surface area contributed by atoms with Gasteiger partial charge in [-0.1, -0.05) is 36.4 Å². The summed E-state index contributed by atoms with van der Waals surface area (Å²) in [6.07, 6.45) is 4.40. The molecule has 4 heteroatoms. The molecule has 3 heterocycles. The Morgan fingerprint density at radius 2 is 1.92 bits per heavy atom. The van der Waals surface area contributed by atoms with Gasteiger partial charge in [0.2, 0.25) is 0 Å². The van der Waals surface area contributed by atoms with Crippen LogP contribution in [0.1, 0.15) is 28.4 Å². The zero-order chi connectivity index (χ0) is 17.5. The zero-order valence-electron chi connectivity index (χ0n) is 14.3. The molecule has 26 heavy (non-hydrogen) atoms. The molecule has 2 aromatic heterocycles. The van der Waals surface area contributed by atoms with Crippen molar-refractivity contribution in [3.63, 3.8) is 0 Å². The van der Waals surface area contributed by atoms with E-state index in [2.05, 4.69) is 28.1 Å².